The Hall–Kier alpha value is -2.61. The van der Waals surface area contributed by atoms with Crippen molar-refractivity contribution in [1.82, 2.24) is 0 Å². The lowest BCUT2D eigenvalue weighted by Gasteiger charge is -2.09. The summed E-state index contributed by atoms with van der Waals surface area (Å²) in [5.41, 5.74) is 3.57. The number of halogens is 1. The van der Waals surface area contributed by atoms with E-state index in [9.17, 15) is 4.39 Å². The second-order valence-electron chi connectivity index (χ2n) is 6.05. The minimum Gasteiger partial charge on any atom is -0.491 e. The van der Waals surface area contributed by atoms with E-state index in [0.29, 0.717) is 17.7 Å². The minimum atomic E-state index is -0.287. The minimum absolute atomic E-state index is 0.287. The number of aryl methyl sites for hydroxylation is 1. The lowest BCUT2D eigenvalue weighted by atomic mass is 9.99. The molecule has 0 saturated heterocycles. The molecule has 0 spiro atoms. The zero-order chi connectivity index (χ0) is 17.6. The molecule has 25 heavy (non-hydrogen) atoms. The molecule has 0 aromatic heterocycles. The van der Waals surface area contributed by atoms with Gasteiger partial charge in [-0.05, 0) is 60.9 Å². The lowest BCUT2D eigenvalue weighted by molar-refractivity contribution is 0.323. The molecular weight excluding hydrogens is 311 g/mol. The fourth-order valence-electron chi connectivity index (χ4n) is 3.00. The van der Waals surface area contributed by atoms with Crippen molar-refractivity contribution in [3.8, 4) is 16.9 Å². The molecule has 3 aromatic carbocycles. The van der Waals surface area contributed by atoms with Crippen molar-refractivity contribution >= 4 is 10.8 Å². The zero-order valence-electron chi connectivity index (χ0n) is 14.8. The smallest absolute Gasteiger partial charge is 0.172 e. The van der Waals surface area contributed by atoms with E-state index in [1.807, 2.05) is 38.1 Å². The van der Waals surface area contributed by atoms with Gasteiger partial charge in [-0.1, -0.05) is 54.6 Å². The first-order valence-corrected chi connectivity index (χ1v) is 8.78. The van der Waals surface area contributed by atoms with Gasteiger partial charge in [0.15, 0.2) is 11.6 Å². The summed E-state index contributed by atoms with van der Waals surface area (Å²) in [6.07, 6.45) is 6.38. The number of rotatable bonds is 6. The normalized spacial score (nSPS) is 11.3. The summed E-state index contributed by atoms with van der Waals surface area (Å²) in [4.78, 5) is 0. The zero-order valence-corrected chi connectivity index (χ0v) is 14.8. The van der Waals surface area contributed by atoms with Crippen molar-refractivity contribution < 1.29 is 9.13 Å². The van der Waals surface area contributed by atoms with E-state index in [1.165, 1.54) is 5.56 Å². The fraction of sp³-hybridized carbons (Fsp3) is 0.217. The molecule has 128 valence electrons. The second kappa shape index (κ2) is 7.98. The Morgan fingerprint density at radius 1 is 0.960 bits per heavy atom. The molecular formula is C23H23FO. The summed E-state index contributed by atoms with van der Waals surface area (Å²) in [5.74, 6) is 0.0264. The summed E-state index contributed by atoms with van der Waals surface area (Å²) < 4.78 is 19.8. The van der Waals surface area contributed by atoms with Gasteiger partial charge in [-0.25, -0.2) is 4.39 Å². The van der Waals surface area contributed by atoms with Crippen molar-refractivity contribution in [2.24, 2.45) is 0 Å². The third kappa shape index (κ3) is 3.90. The van der Waals surface area contributed by atoms with Crippen LogP contribution in [-0.2, 0) is 6.42 Å². The summed E-state index contributed by atoms with van der Waals surface area (Å²) in [5, 5.41) is 1.48. The average Bonchev–Trinajstić information content (AvgIpc) is 2.65. The molecule has 0 amide bonds. The Morgan fingerprint density at radius 2 is 1.72 bits per heavy atom. The SMILES string of the molecule is C/C=C/CCc1ccc(-c2ccc3c(F)c(OCC)ccc3c2)cc1. The van der Waals surface area contributed by atoms with Crippen molar-refractivity contribution in [3.05, 3.63) is 78.1 Å². The van der Waals surface area contributed by atoms with E-state index >= 15 is 0 Å². The molecule has 0 aliphatic heterocycles. The molecule has 0 aliphatic carbocycles. The Labute approximate surface area is 148 Å². The van der Waals surface area contributed by atoms with Crippen LogP contribution in [0.1, 0.15) is 25.8 Å². The van der Waals surface area contributed by atoms with Crippen LogP contribution >= 0.6 is 0 Å². The number of hydrogen-bond donors (Lipinski definition) is 0. The monoisotopic (exact) mass is 334 g/mol. The largest absolute Gasteiger partial charge is 0.491 e. The number of hydrogen-bond acceptors (Lipinski definition) is 1. The van der Waals surface area contributed by atoms with Gasteiger partial charge in [0.05, 0.1) is 6.61 Å². The van der Waals surface area contributed by atoms with E-state index in [-0.39, 0.29) is 5.82 Å². The predicted octanol–water partition coefficient (Wildman–Crippen LogP) is 6.55. The van der Waals surface area contributed by atoms with Crippen LogP contribution in [0.5, 0.6) is 5.75 Å². The molecule has 0 radical (unpaired) electrons. The Balaban J connectivity index is 1.87. The molecule has 0 aliphatic rings. The number of ether oxygens (including phenoxy) is 1. The van der Waals surface area contributed by atoms with Crippen LogP contribution in [0.2, 0.25) is 0 Å². The summed E-state index contributed by atoms with van der Waals surface area (Å²) >= 11 is 0. The van der Waals surface area contributed by atoms with Gasteiger partial charge in [0.1, 0.15) is 0 Å². The lowest BCUT2D eigenvalue weighted by Crippen LogP contribution is -1.95. The molecule has 0 atom stereocenters. The topological polar surface area (TPSA) is 9.23 Å². The van der Waals surface area contributed by atoms with Gasteiger partial charge in [0.2, 0.25) is 0 Å². The second-order valence-corrected chi connectivity index (χ2v) is 6.05. The summed E-state index contributed by atoms with van der Waals surface area (Å²) in [7, 11) is 0. The van der Waals surface area contributed by atoms with Crippen molar-refractivity contribution in [3.63, 3.8) is 0 Å². The highest BCUT2D eigenvalue weighted by Gasteiger charge is 2.09. The predicted molar refractivity (Wildman–Crippen MR) is 104 cm³/mol. The molecule has 0 saturated carbocycles. The first kappa shape index (κ1) is 17.2. The molecule has 0 heterocycles. The molecule has 3 rings (SSSR count). The van der Waals surface area contributed by atoms with Gasteiger partial charge < -0.3 is 4.74 Å². The van der Waals surface area contributed by atoms with Gasteiger partial charge >= 0.3 is 0 Å². The third-order valence-electron chi connectivity index (χ3n) is 4.34. The van der Waals surface area contributed by atoms with Crippen molar-refractivity contribution in [2.45, 2.75) is 26.7 Å². The van der Waals surface area contributed by atoms with Crippen LogP contribution in [-0.4, -0.2) is 6.61 Å². The van der Waals surface area contributed by atoms with Crippen LogP contribution in [0.3, 0.4) is 0 Å². The molecule has 0 fully saturated rings. The molecule has 0 bridgehead atoms. The maximum Gasteiger partial charge on any atom is 0.172 e. The van der Waals surface area contributed by atoms with Crippen LogP contribution in [0.4, 0.5) is 4.39 Å². The van der Waals surface area contributed by atoms with Crippen LogP contribution in [0, 0.1) is 5.82 Å². The molecule has 0 N–H and O–H groups in total. The Morgan fingerprint density at radius 3 is 2.44 bits per heavy atom. The standard InChI is InChI=1S/C23H23FO/c1-3-5-6-7-17-8-10-18(11-9-17)19-12-14-21-20(16-19)13-15-22(23(21)24)25-4-2/h3,5,8-16H,4,6-7H2,1-2H3/b5-3+. The van der Waals surface area contributed by atoms with E-state index < -0.39 is 0 Å². The highest BCUT2D eigenvalue weighted by Crippen LogP contribution is 2.30. The van der Waals surface area contributed by atoms with Gasteiger partial charge in [-0.2, -0.15) is 0 Å². The maximum atomic E-state index is 14.5. The highest BCUT2D eigenvalue weighted by atomic mass is 19.1. The van der Waals surface area contributed by atoms with Gasteiger partial charge in [-0.15, -0.1) is 0 Å². The van der Waals surface area contributed by atoms with E-state index in [1.54, 1.807) is 6.07 Å². The van der Waals surface area contributed by atoms with Gasteiger partial charge in [0.25, 0.3) is 0 Å². The Kier molecular flexibility index (Phi) is 5.49. The summed E-state index contributed by atoms with van der Waals surface area (Å²) in [6.45, 7) is 4.36. The van der Waals surface area contributed by atoms with E-state index in [2.05, 4.69) is 36.4 Å². The van der Waals surface area contributed by atoms with Crippen molar-refractivity contribution in [1.29, 1.82) is 0 Å². The molecule has 2 heteroatoms. The fourth-order valence-corrected chi connectivity index (χ4v) is 3.00. The average molecular weight is 334 g/mol. The number of allylic oxidation sites excluding steroid dienone is 2. The Bertz CT molecular complexity index is 878. The van der Waals surface area contributed by atoms with Crippen LogP contribution in [0.15, 0.2) is 66.7 Å². The quantitative estimate of drug-likeness (QED) is 0.464. The number of benzene rings is 3. The first-order chi connectivity index (χ1) is 12.2. The first-order valence-electron chi connectivity index (χ1n) is 8.78. The number of fused-ring (bicyclic) bond motifs is 1. The molecule has 1 nitrogen and oxygen atoms in total. The molecule has 3 aromatic rings. The van der Waals surface area contributed by atoms with Crippen LogP contribution < -0.4 is 4.74 Å². The van der Waals surface area contributed by atoms with E-state index in [0.717, 1.165) is 29.4 Å². The van der Waals surface area contributed by atoms with Crippen LogP contribution in [0.25, 0.3) is 21.9 Å². The molecule has 0 unspecified atom stereocenters. The van der Waals surface area contributed by atoms with Crippen molar-refractivity contribution in [2.75, 3.05) is 6.61 Å². The third-order valence-corrected chi connectivity index (χ3v) is 4.34. The van der Waals surface area contributed by atoms with Gasteiger partial charge in [-0.3, -0.25) is 0 Å². The highest BCUT2D eigenvalue weighted by molar-refractivity contribution is 5.89. The van der Waals surface area contributed by atoms with E-state index in [4.69, 9.17) is 4.74 Å². The summed E-state index contributed by atoms with van der Waals surface area (Å²) in [6, 6.07) is 18.1. The van der Waals surface area contributed by atoms with Gasteiger partial charge in [0, 0.05) is 5.39 Å². The maximum absolute atomic E-state index is 14.5.